The number of anilines is 2. The second-order valence-corrected chi connectivity index (χ2v) is 7.19. The average Bonchev–Trinajstić information content (AvgIpc) is 3.38. The Labute approximate surface area is 159 Å². The van der Waals surface area contributed by atoms with E-state index in [0.717, 1.165) is 68.2 Å². The SMILES string of the molecule is CN1CCc2c(C#N)c(NCc3ccco3)nc(NC[C@@H]3CCCO3)c2C1. The van der Waals surface area contributed by atoms with E-state index in [0.29, 0.717) is 17.9 Å². The zero-order valence-corrected chi connectivity index (χ0v) is 15.6. The fraction of sp³-hybridized carbons (Fsp3) is 0.500. The number of nitriles is 1. The maximum absolute atomic E-state index is 9.78. The van der Waals surface area contributed by atoms with Gasteiger partial charge in [-0.2, -0.15) is 5.26 Å². The van der Waals surface area contributed by atoms with Gasteiger partial charge in [-0.1, -0.05) is 0 Å². The fourth-order valence-electron chi connectivity index (χ4n) is 3.76. The number of likely N-dealkylation sites (N-methyl/N-ethyl adjacent to an activating group) is 1. The van der Waals surface area contributed by atoms with E-state index in [2.05, 4.69) is 28.7 Å². The van der Waals surface area contributed by atoms with Crippen LogP contribution in [0.3, 0.4) is 0 Å². The molecule has 1 atom stereocenters. The largest absolute Gasteiger partial charge is 0.467 e. The van der Waals surface area contributed by atoms with Gasteiger partial charge in [-0.25, -0.2) is 4.98 Å². The minimum absolute atomic E-state index is 0.235. The number of aromatic nitrogens is 1. The van der Waals surface area contributed by atoms with Gasteiger partial charge in [-0.3, -0.25) is 0 Å². The molecular weight excluding hydrogens is 342 g/mol. The summed E-state index contributed by atoms with van der Waals surface area (Å²) in [5.74, 6) is 2.28. The third-order valence-corrected chi connectivity index (χ3v) is 5.23. The van der Waals surface area contributed by atoms with Crippen LogP contribution in [-0.4, -0.2) is 42.7 Å². The van der Waals surface area contributed by atoms with Crippen LogP contribution in [0.15, 0.2) is 22.8 Å². The molecule has 27 heavy (non-hydrogen) atoms. The van der Waals surface area contributed by atoms with Crippen molar-refractivity contribution >= 4 is 11.6 Å². The molecule has 0 bridgehead atoms. The van der Waals surface area contributed by atoms with Gasteiger partial charge in [0.2, 0.25) is 0 Å². The molecule has 2 N–H and O–H groups in total. The zero-order chi connectivity index (χ0) is 18.6. The van der Waals surface area contributed by atoms with Crippen molar-refractivity contribution in [3.63, 3.8) is 0 Å². The Bertz CT molecular complexity index is 822. The second-order valence-electron chi connectivity index (χ2n) is 7.19. The van der Waals surface area contributed by atoms with Gasteiger partial charge in [0, 0.05) is 31.8 Å². The number of nitrogens with one attached hydrogen (secondary N) is 2. The smallest absolute Gasteiger partial charge is 0.147 e. The fourth-order valence-corrected chi connectivity index (χ4v) is 3.76. The molecule has 1 saturated heterocycles. The van der Waals surface area contributed by atoms with Gasteiger partial charge in [0.15, 0.2) is 0 Å². The van der Waals surface area contributed by atoms with Gasteiger partial charge >= 0.3 is 0 Å². The normalized spacial score (nSPS) is 19.5. The molecule has 4 rings (SSSR count). The van der Waals surface area contributed by atoms with E-state index in [1.165, 1.54) is 0 Å². The molecule has 0 radical (unpaired) electrons. The molecule has 1 fully saturated rings. The van der Waals surface area contributed by atoms with Gasteiger partial charge in [0.25, 0.3) is 0 Å². The third-order valence-electron chi connectivity index (χ3n) is 5.23. The molecule has 4 heterocycles. The molecule has 7 nitrogen and oxygen atoms in total. The quantitative estimate of drug-likeness (QED) is 0.812. The molecule has 0 aromatic carbocycles. The Balaban J connectivity index is 1.62. The highest BCUT2D eigenvalue weighted by molar-refractivity contribution is 5.66. The van der Waals surface area contributed by atoms with Crippen molar-refractivity contribution in [2.24, 2.45) is 0 Å². The summed E-state index contributed by atoms with van der Waals surface area (Å²) in [5, 5.41) is 16.6. The van der Waals surface area contributed by atoms with Crippen LogP contribution in [0.2, 0.25) is 0 Å². The summed E-state index contributed by atoms with van der Waals surface area (Å²) in [5.41, 5.74) is 2.87. The molecule has 142 valence electrons. The minimum Gasteiger partial charge on any atom is -0.467 e. The molecular formula is C20H25N5O2. The molecule has 2 aromatic rings. The van der Waals surface area contributed by atoms with Crippen molar-refractivity contribution in [2.75, 3.05) is 37.4 Å². The lowest BCUT2D eigenvalue weighted by Gasteiger charge is -2.29. The number of nitrogens with zero attached hydrogens (tertiary/aromatic N) is 3. The Hall–Kier alpha value is -2.56. The first-order valence-electron chi connectivity index (χ1n) is 9.50. The van der Waals surface area contributed by atoms with E-state index < -0.39 is 0 Å². The highest BCUT2D eigenvalue weighted by Gasteiger charge is 2.25. The molecule has 0 aliphatic carbocycles. The predicted molar refractivity (Wildman–Crippen MR) is 102 cm³/mol. The molecule has 7 heteroatoms. The number of hydrogen-bond acceptors (Lipinski definition) is 7. The minimum atomic E-state index is 0.235. The highest BCUT2D eigenvalue weighted by atomic mass is 16.5. The summed E-state index contributed by atoms with van der Waals surface area (Å²) in [6.07, 6.45) is 4.92. The Morgan fingerprint density at radius 3 is 3.00 bits per heavy atom. The summed E-state index contributed by atoms with van der Waals surface area (Å²) in [7, 11) is 2.10. The van der Waals surface area contributed by atoms with Gasteiger partial charge < -0.3 is 24.7 Å². The second kappa shape index (κ2) is 7.99. The van der Waals surface area contributed by atoms with Gasteiger partial charge in [-0.05, 0) is 44.0 Å². The van der Waals surface area contributed by atoms with Gasteiger partial charge in [0.1, 0.15) is 23.5 Å². The van der Waals surface area contributed by atoms with E-state index >= 15 is 0 Å². The maximum Gasteiger partial charge on any atom is 0.147 e. The van der Waals surface area contributed by atoms with E-state index in [-0.39, 0.29) is 6.10 Å². The lowest BCUT2D eigenvalue weighted by atomic mass is 9.96. The lowest BCUT2D eigenvalue weighted by molar-refractivity contribution is 0.120. The van der Waals surface area contributed by atoms with Crippen LogP contribution >= 0.6 is 0 Å². The molecule has 2 aliphatic heterocycles. The van der Waals surface area contributed by atoms with Gasteiger partial charge in [0.05, 0.1) is 24.5 Å². The van der Waals surface area contributed by atoms with E-state index in [4.69, 9.17) is 14.1 Å². The third kappa shape index (κ3) is 3.92. The number of hydrogen-bond donors (Lipinski definition) is 2. The number of pyridine rings is 1. The predicted octanol–water partition coefficient (Wildman–Crippen LogP) is 2.74. The zero-order valence-electron chi connectivity index (χ0n) is 15.6. The van der Waals surface area contributed by atoms with Crippen LogP contribution in [0.5, 0.6) is 0 Å². The van der Waals surface area contributed by atoms with Crippen molar-refractivity contribution in [3.05, 3.63) is 40.8 Å². The summed E-state index contributed by atoms with van der Waals surface area (Å²) < 4.78 is 11.1. The van der Waals surface area contributed by atoms with Crippen molar-refractivity contribution in [1.29, 1.82) is 5.26 Å². The number of rotatable bonds is 6. The van der Waals surface area contributed by atoms with E-state index in [1.54, 1.807) is 6.26 Å². The first-order valence-corrected chi connectivity index (χ1v) is 9.50. The van der Waals surface area contributed by atoms with Crippen molar-refractivity contribution < 1.29 is 9.15 Å². The topological polar surface area (TPSA) is 86.4 Å². The van der Waals surface area contributed by atoms with Crippen LogP contribution in [0, 0.1) is 11.3 Å². The Morgan fingerprint density at radius 2 is 2.26 bits per heavy atom. The first kappa shape index (κ1) is 17.8. The van der Waals surface area contributed by atoms with Crippen molar-refractivity contribution in [3.8, 4) is 6.07 Å². The van der Waals surface area contributed by atoms with Crippen molar-refractivity contribution in [2.45, 2.75) is 38.5 Å². The van der Waals surface area contributed by atoms with Crippen LogP contribution in [0.1, 0.15) is 35.3 Å². The lowest BCUT2D eigenvalue weighted by Crippen LogP contribution is -2.30. The van der Waals surface area contributed by atoms with Gasteiger partial charge in [-0.15, -0.1) is 0 Å². The Kier molecular flexibility index (Phi) is 5.28. The van der Waals surface area contributed by atoms with Crippen molar-refractivity contribution in [1.82, 2.24) is 9.88 Å². The standard InChI is InChI=1S/C20H25N5O2/c1-25-7-6-16-17(10-21)19(22-11-14-4-2-8-26-14)24-20(18(16)13-25)23-12-15-5-3-9-27-15/h2,4,8,15H,3,5-7,9,11-13H2,1H3,(H2,22,23,24)/t15-/m0/s1. The molecule has 0 unspecified atom stereocenters. The Morgan fingerprint density at radius 1 is 1.33 bits per heavy atom. The molecule has 0 saturated carbocycles. The summed E-state index contributed by atoms with van der Waals surface area (Å²) in [4.78, 5) is 7.05. The molecule has 2 aromatic heterocycles. The van der Waals surface area contributed by atoms with Crippen LogP contribution in [0.4, 0.5) is 11.6 Å². The summed E-state index contributed by atoms with van der Waals surface area (Å²) in [6, 6.07) is 6.13. The molecule has 0 spiro atoms. The monoisotopic (exact) mass is 367 g/mol. The van der Waals surface area contributed by atoms with Crippen LogP contribution < -0.4 is 10.6 Å². The van der Waals surface area contributed by atoms with Crippen LogP contribution in [-0.2, 0) is 24.2 Å². The molecule has 2 aliphatic rings. The highest BCUT2D eigenvalue weighted by Crippen LogP contribution is 2.32. The maximum atomic E-state index is 9.78. The summed E-state index contributed by atoms with van der Waals surface area (Å²) in [6.45, 7) is 3.81. The summed E-state index contributed by atoms with van der Waals surface area (Å²) >= 11 is 0. The van der Waals surface area contributed by atoms with E-state index in [9.17, 15) is 5.26 Å². The number of furan rings is 1. The van der Waals surface area contributed by atoms with E-state index in [1.807, 2.05) is 12.1 Å². The number of ether oxygens (including phenoxy) is 1. The molecule has 0 amide bonds. The first-order chi connectivity index (χ1) is 13.2. The number of fused-ring (bicyclic) bond motifs is 1. The van der Waals surface area contributed by atoms with Crippen LogP contribution in [0.25, 0.3) is 0 Å². The average molecular weight is 367 g/mol.